The maximum atomic E-state index is 12.1. The van der Waals surface area contributed by atoms with Crippen molar-refractivity contribution in [2.45, 2.75) is 32.2 Å². The molecular weight excluding hydrogens is 288 g/mol. The molecule has 2 N–H and O–H groups in total. The number of nitrogens with two attached hydrogens (primary N) is 1. The largest absolute Gasteiger partial charge is 0.493 e. The van der Waals surface area contributed by atoms with Crippen molar-refractivity contribution in [2.75, 3.05) is 19.7 Å². The number of ether oxygens (including phenoxy) is 1. The smallest absolute Gasteiger partial charge is 0.225 e. The van der Waals surface area contributed by atoms with E-state index in [1.807, 2.05) is 35.2 Å². The summed E-state index contributed by atoms with van der Waals surface area (Å²) < 4.78 is 5.56. The molecule has 21 heavy (non-hydrogen) atoms. The summed E-state index contributed by atoms with van der Waals surface area (Å²) in [5.41, 5.74) is 5.91. The van der Waals surface area contributed by atoms with E-state index in [1.54, 1.807) is 0 Å². The van der Waals surface area contributed by atoms with Gasteiger partial charge in [0.25, 0.3) is 0 Å². The molecule has 5 heteroatoms. The van der Waals surface area contributed by atoms with Crippen LogP contribution in [-0.4, -0.2) is 36.5 Å². The summed E-state index contributed by atoms with van der Waals surface area (Å²) in [6, 6.07) is 9.83. The van der Waals surface area contributed by atoms with Crippen LogP contribution in [0.5, 0.6) is 5.75 Å². The molecule has 1 fully saturated rings. The van der Waals surface area contributed by atoms with Gasteiger partial charge in [0.1, 0.15) is 5.75 Å². The maximum absolute atomic E-state index is 12.1. The molecule has 1 saturated heterocycles. The molecule has 0 aromatic heterocycles. The van der Waals surface area contributed by atoms with Gasteiger partial charge >= 0.3 is 0 Å². The first-order valence-electron chi connectivity index (χ1n) is 7.38. The lowest BCUT2D eigenvalue weighted by Gasteiger charge is -2.33. The van der Waals surface area contributed by atoms with Crippen LogP contribution in [0.2, 0.25) is 0 Å². The van der Waals surface area contributed by atoms with Crippen molar-refractivity contribution < 1.29 is 9.53 Å². The van der Waals surface area contributed by atoms with Gasteiger partial charge in [-0.25, -0.2) is 0 Å². The van der Waals surface area contributed by atoms with Crippen molar-refractivity contribution in [3.05, 3.63) is 30.3 Å². The third-order valence-corrected chi connectivity index (χ3v) is 3.96. The number of rotatable bonds is 5. The van der Waals surface area contributed by atoms with Gasteiger partial charge in [0.2, 0.25) is 5.91 Å². The fourth-order valence-corrected chi connectivity index (χ4v) is 2.61. The minimum atomic E-state index is 0. The molecule has 2 rings (SSSR count). The predicted octanol–water partition coefficient (Wildman–Crippen LogP) is 2.46. The van der Waals surface area contributed by atoms with Crippen molar-refractivity contribution in [3.63, 3.8) is 0 Å². The first-order chi connectivity index (χ1) is 9.66. The molecule has 1 aliphatic rings. The summed E-state index contributed by atoms with van der Waals surface area (Å²) in [7, 11) is 0. The van der Waals surface area contributed by atoms with Crippen molar-refractivity contribution in [2.24, 2.45) is 11.7 Å². The molecule has 1 atom stereocenters. The van der Waals surface area contributed by atoms with Gasteiger partial charge in [-0.15, -0.1) is 12.4 Å². The number of hydrogen-bond donors (Lipinski definition) is 1. The first-order valence-corrected chi connectivity index (χ1v) is 7.38. The van der Waals surface area contributed by atoms with Crippen LogP contribution in [0.4, 0.5) is 0 Å². The summed E-state index contributed by atoms with van der Waals surface area (Å²) >= 11 is 0. The molecule has 0 radical (unpaired) electrons. The topological polar surface area (TPSA) is 55.6 Å². The van der Waals surface area contributed by atoms with Crippen LogP contribution in [0.25, 0.3) is 0 Å². The number of para-hydroxylation sites is 1. The number of likely N-dealkylation sites (tertiary alicyclic amines) is 1. The Morgan fingerprint density at radius 2 is 1.95 bits per heavy atom. The lowest BCUT2D eigenvalue weighted by Crippen LogP contribution is -2.42. The number of amides is 1. The number of nitrogens with zero attached hydrogens (tertiary/aromatic N) is 1. The lowest BCUT2D eigenvalue weighted by atomic mass is 9.91. The Balaban J connectivity index is 0.00000220. The van der Waals surface area contributed by atoms with Gasteiger partial charge in [0.15, 0.2) is 0 Å². The molecule has 1 unspecified atom stereocenters. The van der Waals surface area contributed by atoms with Crippen LogP contribution in [0.3, 0.4) is 0 Å². The Kier molecular flexibility index (Phi) is 7.54. The van der Waals surface area contributed by atoms with E-state index in [9.17, 15) is 4.79 Å². The number of carbonyl (C=O) groups excluding carboxylic acids is 1. The highest BCUT2D eigenvalue weighted by Crippen LogP contribution is 2.20. The van der Waals surface area contributed by atoms with Crippen LogP contribution >= 0.6 is 12.4 Å². The van der Waals surface area contributed by atoms with E-state index in [1.165, 1.54) is 0 Å². The zero-order valence-corrected chi connectivity index (χ0v) is 13.3. The Morgan fingerprint density at radius 3 is 2.52 bits per heavy atom. The molecular formula is C16H25ClN2O2. The summed E-state index contributed by atoms with van der Waals surface area (Å²) in [5.74, 6) is 1.56. The number of benzene rings is 1. The van der Waals surface area contributed by atoms with E-state index in [0.717, 1.165) is 31.7 Å². The highest BCUT2D eigenvalue weighted by Gasteiger charge is 2.24. The minimum Gasteiger partial charge on any atom is -0.493 e. The molecule has 1 aliphatic heterocycles. The SMILES string of the molecule is CC(N)C1CCN(C(=O)CCOc2ccccc2)CC1.Cl. The van der Waals surface area contributed by atoms with Gasteiger partial charge < -0.3 is 15.4 Å². The van der Waals surface area contributed by atoms with Gasteiger partial charge in [-0.1, -0.05) is 18.2 Å². The minimum absolute atomic E-state index is 0. The van der Waals surface area contributed by atoms with Crippen LogP contribution in [0.1, 0.15) is 26.2 Å². The second-order valence-corrected chi connectivity index (χ2v) is 5.49. The number of piperidine rings is 1. The second-order valence-electron chi connectivity index (χ2n) is 5.49. The summed E-state index contributed by atoms with van der Waals surface area (Å²) in [6.45, 7) is 4.15. The number of carbonyl (C=O) groups is 1. The quantitative estimate of drug-likeness (QED) is 0.908. The predicted molar refractivity (Wildman–Crippen MR) is 86.8 cm³/mol. The van der Waals surface area contributed by atoms with E-state index >= 15 is 0 Å². The standard InChI is InChI=1S/C16H24N2O2.ClH/c1-13(17)14-7-10-18(11-8-14)16(19)9-12-20-15-5-3-2-4-6-15;/h2-6,13-14H,7-12,17H2,1H3;1H. The molecule has 1 heterocycles. The Morgan fingerprint density at radius 1 is 1.33 bits per heavy atom. The third-order valence-electron chi connectivity index (χ3n) is 3.96. The molecule has 118 valence electrons. The summed E-state index contributed by atoms with van der Waals surface area (Å²) in [5, 5.41) is 0. The van der Waals surface area contributed by atoms with Gasteiger partial charge in [-0.2, -0.15) is 0 Å². The first kappa shape index (κ1) is 17.8. The van der Waals surface area contributed by atoms with E-state index < -0.39 is 0 Å². The van der Waals surface area contributed by atoms with Crippen LogP contribution < -0.4 is 10.5 Å². The average molecular weight is 313 g/mol. The maximum Gasteiger partial charge on any atom is 0.225 e. The number of hydrogen-bond acceptors (Lipinski definition) is 3. The fraction of sp³-hybridized carbons (Fsp3) is 0.562. The van der Waals surface area contributed by atoms with E-state index in [-0.39, 0.29) is 24.4 Å². The van der Waals surface area contributed by atoms with Gasteiger partial charge in [-0.3, -0.25) is 4.79 Å². The Hall–Kier alpha value is -1.26. The molecule has 0 saturated carbocycles. The van der Waals surface area contributed by atoms with Crippen LogP contribution in [0.15, 0.2) is 30.3 Å². The highest BCUT2D eigenvalue weighted by atomic mass is 35.5. The third kappa shape index (κ3) is 5.56. The van der Waals surface area contributed by atoms with E-state index in [2.05, 4.69) is 6.92 Å². The summed E-state index contributed by atoms with van der Waals surface area (Å²) in [6.07, 6.45) is 2.48. The highest BCUT2D eigenvalue weighted by molar-refractivity contribution is 5.85. The van der Waals surface area contributed by atoms with Crippen molar-refractivity contribution in [1.82, 2.24) is 4.90 Å². The molecule has 1 amide bonds. The Bertz CT molecular complexity index is 418. The fourth-order valence-electron chi connectivity index (χ4n) is 2.61. The molecule has 0 aliphatic carbocycles. The molecule has 0 spiro atoms. The average Bonchev–Trinajstić information content (AvgIpc) is 2.48. The monoisotopic (exact) mass is 312 g/mol. The molecule has 0 bridgehead atoms. The van der Waals surface area contributed by atoms with Gasteiger partial charge in [-0.05, 0) is 37.8 Å². The normalized spacial score (nSPS) is 17.0. The zero-order chi connectivity index (χ0) is 14.4. The molecule has 1 aromatic carbocycles. The zero-order valence-electron chi connectivity index (χ0n) is 12.5. The van der Waals surface area contributed by atoms with Crippen LogP contribution in [0, 0.1) is 5.92 Å². The van der Waals surface area contributed by atoms with Crippen molar-refractivity contribution in [1.29, 1.82) is 0 Å². The number of halogens is 1. The van der Waals surface area contributed by atoms with Gasteiger partial charge in [0, 0.05) is 19.1 Å². The van der Waals surface area contributed by atoms with Crippen LogP contribution in [-0.2, 0) is 4.79 Å². The molecule has 1 aromatic rings. The summed E-state index contributed by atoms with van der Waals surface area (Å²) in [4.78, 5) is 14.0. The van der Waals surface area contributed by atoms with E-state index in [4.69, 9.17) is 10.5 Å². The molecule has 4 nitrogen and oxygen atoms in total. The van der Waals surface area contributed by atoms with Gasteiger partial charge in [0.05, 0.1) is 13.0 Å². The Labute approximate surface area is 133 Å². The lowest BCUT2D eigenvalue weighted by molar-refractivity contribution is -0.133. The van der Waals surface area contributed by atoms with Crippen molar-refractivity contribution >= 4 is 18.3 Å². The second kappa shape index (κ2) is 8.90. The van der Waals surface area contributed by atoms with E-state index in [0.29, 0.717) is 18.9 Å². The van der Waals surface area contributed by atoms with Crippen molar-refractivity contribution in [3.8, 4) is 5.75 Å².